The molecule has 1 aromatic carbocycles. The largest absolute Gasteiger partial charge is 0.444 e. The van der Waals surface area contributed by atoms with Gasteiger partial charge in [-0.05, 0) is 31.9 Å². The van der Waals surface area contributed by atoms with Crippen LogP contribution in [0.15, 0.2) is 34.9 Å². The lowest BCUT2D eigenvalue weighted by Crippen LogP contribution is -2.34. The van der Waals surface area contributed by atoms with Gasteiger partial charge in [-0.25, -0.2) is 4.98 Å². The van der Waals surface area contributed by atoms with Crippen molar-refractivity contribution in [2.24, 2.45) is 0 Å². The highest BCUT2D eigenvalue weighted by Crippen LogP contribution is 2.39. The Morgan fingerprint density at radius 1 is 1.12 bits per heavy atom. The first-order valence-electron chi connectivity index (χ1n) is 8.92. The molecule has 128 valence electrons. The van der Waals surface area contributed by atoms with Gasteiger partial charge in [0.1, 0.15) is 17.9 Å². The van der Waals surface area contributed by atoms with E-state index in [4.69, 9.17) is 4.42 Å². The second kappa shape index (κ2) is 5.81. The van der Waals surface area contributed by atoms with Crippen LogP contribution in [0.5, 0.6) is 0 Å². The van der Waals surface area contributed by atoms with Crippen LogP contribution in [0.2, 0.25) is 0 Å². The lowest BCUT2D eigenvalue weighted by atomic mass is 10.1. The standard InChI is InChI=1S/C19H21N5O/c1-13-2-4-15(5-3-13)19-20-16(12-25-19)10-23-8-9-24-17(11-23)21-22-18(24)14-6-7-14/h2-5,12,14H,6-11H2,1H3. The molecule has 1 aliphatic carbocycles. The van der Waals surface area contributed by atoms with Crippen molar-refractivity contribution in [3.63, 3.8) is 0 Å². The van der Waals surface area contributed by atoms with Crippen molar-refractivity contribution in [3.8, 4) is 11.5 Å². The van der Waals surface area contributed by atoms with Crippen molar-refractivity contribution in [1.82, 2.24) is 24.6 Å². The molecule has 5 rings (SSSR count). The highest BCUT2D eigenvalue weighted by Gasteiger charge is 2.32. The first-order chi connectivity index (χ1) is 12.3. The smallest absolute Gasteiger partial charge is 0.226 e. The first kappa shape index (κ1) is 14.8. The van der Waals surface area contributed by atoms with Crippen LogP contribution >= 0.6 is 0 Å². The molecule has 1 saturated carbocycles. The average molecular weight is 335 g/mol. The van der Waals surface area contributed by atoms with Crippen LogP contribution in [-0.2, 0) is 19.6 Å². The molecule has 0 radical (unpaired) electrons. The van der Waals surface area contributed by atoms with Gasteiger partial charge in [-0.2, -0.15) is 0 Å². The van der Waals surface area contributed by atoms with Gasteiger partial charge in [0.05, 0.1) is 12.2 Å². The zero-order valence-corrected chi connectivity index (χ0v) is 14.4. The van der Waals surface area contributed by atoms with Gasteiger partial charge in [-0.3, -0.25) is 4.90 Å². The maximum atomic E-state index is 5.67. The van der Waals surface area contributed by atoms with Gasteiger partial charge in [0.25, 0.3) is 0 Å². The predicted octanol–water partition coefficient (Wildman–Crippen LogP) is 3.13. The third-order valence-electron chi connectivity index (χ3n) is 5.04. The summed E-state index contributed by atoms with van der Waals surface area (Å²) < 4.78 is 7.99. The highest BCUT2D eigenvalue weighted by atomic mass is 16.3. The summed E-state index contributed by atoms with van der Waals surface area (Å²) in [7, 11) is 0. The molecule has 2 aromatic heterocycles. The molecular formula is C19H21N5O. The topological polar surface area (TPSA) is 60.0 Å². The molecule has 25 heavy (non-hydrogen) atoms. The van der Waals surface area contributed by atoms with Gasteiger partial charge in [0, 0.05) is 31.1 Å². The summed E-state index contributed by atoms with van der Waals surface area (Å²) in [5.41, 5.74) is 3.22. The van der Waals surface area contributed by atoms with Crippen molar-refractivity contribution in [2.45, 2.75) is 45.3 Å². The van der Waals surface area contributed by atoms with E-state index in [-0.39, 0.29) is 0 Å². The van der Waals surface area contributed by atoms with Crippen LogP contribution in [0.25, 0.3) is 11.5 Å². The van der Waals surface area contributed by atoms with Gasteiger partial charge in [-0.15, -0.1) is 10.2 Å². The normalized spacial score (nSPS) is 17.6. The number of rotatable bonds is 4. The number of hydrogen-bond donors (Lipinski definition) is 0. The Morgan fingerprint density at radius 2 is 1.96 bits per heavy atom. The fraction of sp³-hybridized carbons (Fsp3) is 0.421. The maximum Gasteiger partial charge on any atom is 0.226 e. The van der Waals surface area contributed by atoms with E-state index in [2.05, 4.69) is 43.7 Å². The molecule has 3 aromatic rings. The summed E-state index contributed by atoms with van der Waals surface area (Å²) in [6, 6.07) is 8.25. The number of benzene rings is 1. The van der Waals surface area contributed by atoms with E-state index < -0.39 is 0 Å². The van der Waals surface area contributed by atoms with E-state index in [1.54, 1.807) is 6.26 Å². The van der Waals surface area contributed by atoms with Crippen LogP contribution in [0.1, 0.15) is 41.7 Å². The number of aromatic nitrogens is 4. The van der Waals surface area contributed by atoms with Gasteiger partial charge in [0.15, 0.2) is 0 Å². The van der Waals surface area contributed by atoms with E-state index in [1.165, 1.54) is 24.2 Å². The summed E-state index contributed by atoms with van der Waals surface area (Å²) in [6.45, 7) is 5.65. The highest BCUT2D eigenvalue weighted by molar-refractivity contribution is 5.53. The summed E-state index contributed by atoms with van der Waals surface area (Å²) >= 11 is 0. The van der Waals surface area contributed by atoms with E-state index in [9.17, 15) is 0 Å². The SMILES string of the molecule is Cc1ccc(-c2nc(CN3CCn4c(nnc4C4CC4)C3)co2)cc1. The second-order valence-corrected chi connectivity index (χ2v) is 7.12. The molecule has 2 aliphatic rings. The molecule has 0 N–H and O–H groups in total. The van der Waals surface area contributed by atoms with Crippen molar-refractivity contribution in [1.29, 1.82) is 0 Å². The third-order valence-corrected chi connectivity index (χ3v) is 5.04. The van der Waals surface area contributed by atoms with E-state index in [0.29, 0.717) is 11.8 Å². The Kier molecular flexibility index (Phi) is 3.45. The lowest BCUT2D eigenvalue weighted by molar-refractivity contribution is 0.205. The predicted molar refractivity (Wildman–Crippen MR) is 92.8 cm³/mol. The molecule has 0 unspecified atom stereocenters. The maximum absolute atomic E-state index is 5.67. The number of hydrogen-bond acceptors (Lipinski definition) is 5. The minimum absolute atomic E-state index is 0.653. The van der Waals surface area contributed by atoms with Crippen LogP contribution in [0.4, 0.5) is 0 Å². The Hall–Kier alpha value is -2.47. The summed E-state index contributed by atoms with van der Waals surface area (Å²) in [5.74, 6) is 3.61. The molecule has 0 amide bonds. The van der Waals surface area contributed by atoms with Crippen molar-refractivity contribution in [2.75, 3.05) is 6.54 Å². The molecule has 0 spiro atoms. The minimum atomic E-state index is 0.653. The molecule has 0 atom stereocenters. The Balaban J connectivity index is 1.29. The van der Waals surface area contributed by atoms with Gasteiger partial charge in [0.2, 0.25) is 5.89 Å². The first-order valence-corrected chi connectivity index (χ1v) is 8.92. The van der Waals surface area contributed by atoms with Crippen molar-refractivity contribution < 1.29 is 4.42 Å². The zero-order chi connectivity index (χ0) is 16.8. The van der Waals surface area contributed by atoms with Crippen molar-refractivity contribution >= 4 is 0 Å². The molecule has 1 fully saturated rings. The van der Waals surface area contributed by atoms with E-state index in [1.807, 2.05) is 12.1 Å². The molecular weight excluding hydrogens is 314 g/mol. The van der Waals surface area contributed by atoms with Crippen LogP contribution in [0.3, 0.4) is 0 Å². The fourth-order valence-electron chi connectivity index (χ4n) is 3.45. The van der Waals surface area contributed by atoms with Gasteiger partial charge >= 0.3 is 0 Å². The van der Waals surface area contributed by atoms with Gasteiger partial charge < -0.3 is 8.98 Å². The fourth-order valence-corrected chi connectivity index (χ4v) is 3.45. The molecule has 0 saturated heterocycles. The number of nitrogens with zero attached hydrogens (tertiary/aromatic N) is 5. The molecule has 3 heterocycles. The zero-order valence-electron chi connectivity index (χ0n) is 14.4. The molecule has 6 nitrogen and oxygen atoms in total. The monoisotopic (exact) mass is 335 g/mol. The Bertz CT molecular complexity index is 891. The van der Waals surface area contributed by atoms with E-state index >= 15 is 0 Å². The van der Waals surface area contributed by atoms with E-state index in [0.717, 1.165) is 43.3 Å². The van der Waals surface area contributed by atoms with Crippen LogP contribution < -0.4 is 0 Å². The Labute approximate surface area is 146 Å². The Morgan fingerprint density at radius 3 is 2.76 bits per heavy atom. The molecule has 1 aliphatic heterocycles. The summed E-state index contributed by atoms with van der Waals surface area (Å²) in [4.78, 5) is 7.01. The second-order valence-electron chi connectivity index (χ2n) is 7.12. The summed E-state index contributed by atoms with van der Waals surface area (Å²) in [5, 5.41) is 8.80. The lowest BCUT2D eigenvalue weighted by Gasteiger charge is -2.26. The number of fused-ring (bicyclic) bond motifs is 1. The summed E-state index contributed by atoms with van der Waals surface area (Å²) in [6.07, 6.45) is 4.30. The quantitative estimate of drug-likeness (QED) is 0.733. The average Bonchev–Trinajstić information content (AvgIpc) is 3.21. The third kappa shape index (κ3) is 2.87. The molecule has 6 heteroatoms. The number of aryl methyl sites for hydroxylation is 1. The van der Waals surface area contributed by atoms with Crippen molar-refractivity contribution in [3.05, 3.63) is 53.4 Å². The minimum Gasteiger partial charge on any atom is -0.444 e. The molecule has 0 bridgehead atoms. The van der Waals surface area contributed by atoms with Crippen LogP contribution in [0, 0.1) is 6.92 Å². The number of oxazole rings is 1. The van der Waals surface area contributed by atoms with Crippen LogP contribution in [-0.4, -0.2) is 31.2 Å². The van der Waals surface area contributed by atoms with Gasteiger partial charge in [-0.1, -0.05) is 17.7 Å².